The number of carbonyl (C=O) groups is 1. The van der Waals surface area contributed by atoms with Crippen LogP contribution in [-0.2, 0) is 6.42 Å². The van der Waals surface area contributed by atoms with Gasteiger partial charge in [0, 0.05) is 30.3 Å². The number of hydrogen-bond acceptors (Lipinski definition) is 5. The van der Waals surface area contributed by atoms with Crippen LogP contribution in [0.3, 0.4) is 0 Å². The molecule has 0 unspecified atom stereocenters. The number of carbonyl (C=O) groups excluding carboxylic acids is 1. The van der Waals surface area contributed by atoms with Gasteiger partial charge in [-0.25, -0.2) is 4.98 Å². The van der Waals surface area contributed by atoms with Crippen LogP contribution in [0, 0.1) is 0 Å². The molecule has 23 heavy (non-hydrogen) atoms. The van der Waals surface area contributed by atoms with E-state index in [1.54, 1.807) is 25.2 Å². The summed E-state index contributed by atoms with van der Waals surface area (Å²) < 4.78 is 10.7. The molecule has 120 valence electrons. The number of amides is 1. The second-order valence-corrected chi connectivity index (χ2v) is 5.18. The van der Waals surface area contributed by atoms with Crippen molar-refractivity contribution in [1.29, 1.82) is 0 Å². The molecule has 1 aromatic carbocycles. The van der Waals surface area contributed by atoms with Crippen LogP contribution in [0.1, 0.15) is 22.5 Å². The minimum atomic E-state index is -0.358. The number of ether oxygens (including phenoxy) is 2. The van der Waals surface area contributed by atoms with Crippen molar-refractivity contribution in [2.75, 3.05) is 25.7 Å². The molecule has 0 radical (unpaired) electrons. The number of nitrogens with one attached hydrogen (secondary N) is 1. The van der Waals surface area contributed by atoms with E-state index in [2.05, 4.69) is 9.97 Å². The molecule has 1 aromatic heterocycles. The molecule has 1 N–H and O–H groups in total. The van der Waals surface area contributed by atoms with Crippen LogP contribution < -0.4 is 19.9 Å². The van der Waals surface area contributed by atoms with Crippen molar-refractivity contribution >= 4 is 11.6 Å². The molecule has 0 atom stereocenters. The summed E-state index contributed by atoms with van der Waals surface area (Å²) in [5.41, 5.74) is 1.45. The molecule has 2 heterocycles. The molecule has 2 aromatic rings. The summed E-state index contributed by atoms with van der Waals surface area (Å²) in [5, 5.41) is 0. The molecule has 1 aliphatic heterocycles. The number of anilines is 1. The summed E-state index contributed by atoms with van der Waals surface area (Å²) >= 11 is 0. The van der Waals surface area contributed by atoms with Crippen LogP contribution in [0.5, 0.6) is 11.5 Å². The number of H-pyrrole nitrogens is 1. The van der Waals surface area contributed by atoms with Crippen molar-refractivity contribution in [1.82, 2.24) is 9.97 Å². The quantitative estimate of drug-likeness (QED) is 0.925. The van der Waals surface area contributed by atoms with Crippen LogP contribution in [0.4, 0.5) is 5.69 Å². The van der Waals surface area contributed by atoms with Crippen LogP contribution in [-0.4, -0.2) is 36.6 Å². The smallest absolute Gasteiger partial charge is 0.277 e. The van der Waals surface area contributed by atoms with Gasteiger partial charge in [0.15, 0.2) is 0 Å². The molecular formula is C16H17N3O4. The Morgan fingerprint density at radius 3 is 2.78 bits per heavy atom. The van der Waals surface area contributed by atoms with Crippen molar-refractivity contribution in [2.24, 2.45) is 0 Å². The van der Waals surface area contributed by atoms with Gasteiger partial charge in [-0.05, 0) is 12.8 Å². The maximum absolute atomic E-state index is 12.7. The Morgan fingerprint density at radius 2 is 2.09 bits per heavy atom. The van der Waals surface area contributed by atoms with E-state index >= 15 is 0 Å². The zero-order chi connectivity index (χ0) is 16.4. The standard InChI is InChI=1S/C16H17N3O4/c1-22-10-6-13-11(14(7-10)23-2)4-3-5-19(13)16(21)12-8-15(20)18-9-17-12/h6-9H,3-5H2,1-2H3,(H,17,18,20). The van der Waals surface area contributed by atoms with E-state index in [4.69, 9.17) is 9.47 Å². The highest BCUT2D eigenvalue weighted by Gasteiger charge is 2.27. The molecular weight excluding hydrogens is 298 g/mol. The minimum Gasteiger partial charge on any atom is -0.497 e. The zero-order valence-electron chi connectivity index (χ0n) is 13.0. The first-order valence-corrected chi connectivity index (χ1v) is 7.25. The molecule has 1 aliphatic rings. The van der Waals surface area contributed by atoms with Crippen molar-refractivity contribution in [3.8, 4) is 11.5 Å². The Kier molecular flexibility index (Phi) is 4.01. The van der Waals surface area contributed by atoms with Gasteiger partial charge in [-0.1, -0.05) is 0 Å². The van der Waals surface area contributed by atoms with Gasteiger partial charge in [0.25, 0.3) is 11.5 Å². The maximum Gasteiger partial charge on any atom is 0.277 e. The number of nitrogens with zero attached hydrogens (tertiary/aromatic N) is 2. The van der Waals surface area contributed by atoms with Crippen molar-refractivity contribution < 1.29 is 14.3 Å². The van der Waals surface area contributed by atoms with Gasteiger partial charge in [0.2, 0.25) is 0 Å². The third kappa shape index (κ3) is 2.77. The van der Waals surface area contributed by atoms with E-state index in [0.717, 1.165) is 24.1 Å². The Balaban J connectivity index is 2.07. The molecule has 7 nitrogen and oxygen atoms in total. The van der Waals surface area contributed by atoms with Crippen LogP contribution in [0.15, 0.2) is 29.3 Å². The van der Waals surface area contributed by atoms with Gasteiger partial charge in [0.1, 0.15) is 17.2 Å². The number of aromatic nitrogens is 2. The van der Waals surface area contributed by atoms with E-state index in [-0.39, 0.29) is 17.2 Å². The molecule has 0 aliphatic carbocycles. The average Bonchev–Trinajstić information content (AvgIpc) is 2.59. The first kappa shape index (κ1) is 15.1. The van der Waals surface area contributed by atoms with Crippen molar-refractivity contribution in [3.05, 3.63) is 46.1 Å². The van der Waals surface area contributed by atoms with Crippen molar-refractivity contribution in [3.63, 3.8) is 0 Å². The highest BCUT2D eigenvalue weighted by molar-refractivity contribution is 6.05. The summed E-state index contributed by atoms with van der Waals surface area (Å²) in [6, 6.07) is 4.81. The van der Waals surface area contributed by atoms with E-state index in [1.807, 2.05) is 6.07 Å². The second-order valence-electron chi connectivity index (χ2n) is 5.18. The summed E-state index contributed by atoms with van der Waals surface area (Å²) in [7, 11) is 3.16. The maximum atomic E-state index is 12.7. The highest BCUT2D eigenvalue weighted by atomic mass is 16.5. The van der Waals surface area contributed by atoms with Crippen LogP contribution in [0.2, 0.25) is 0 Å². The lowest BCUT2D eigenvalue weighted by molar-refractivity contribution is 0.0980. The van der Waals surface area contributed by atoms with Gasteiger partial charge in [-0.2, -0.15) is 0 Å². The fraction of sp³-hybridized carbons (Fsp3) is 0.312. The highest BCUT2D eigenvalue weighted by Crippen LogP contribution is 2.38. The molecule has 0 fully saturated rings. The van der Waals surface area contributed by atoms with Gasteiger partial charge < -0.3 is 19.4 Å². The van der Waals surface area contributed by atoms with E-state index in [9.17, 15) is 9.59 Å². The Labute approximate surface area is 132 Å². The number of benzene rings is 1. The van der Waals surface area contributed by atoms with Crippen LogP contribution in [0.25, 0.3) is 0 Å². The molecule has 7 heteroatoms. The van der Waals surface area contributed by atoms with E-state index in [0.29, 0.717) is 18.0 Å². The summed E-state index contributed by atoms with van der Waals surface area (Å²) in [6.45, 7) is 0.552. The Hall–Kier alpha value is -2.83. The number of hydrogen-bond donors (Lipinski definition) is 1. The Morgan fingerprint density at radius 1 is 1.26 bits per heavy atom. The predicted molar refractivity (Wildman–Crippen MR) is 84.4 cm³/mol. The first-order chi connectivity index (χ1) is 11.1. The van der Waals surface area contributed by atoms with E-state index < -0.39 is 0 Å². The lowest BCUT2D eigenvalue weighted by Gasteiger charge is -2.30. The van der Waals surface area contributed by atoms with E-state index in [1.165, 1.54) is 12.4 Å². The fourth-order valence-corrected chi connectivity index (χ4v) is 2.77. The number of methoxy groups -OCH3 is 2. The topological polar surface area (TPSA) is 84.5 Å². The fourth-order valence-electron chi connectivity index (χ4n) is 2.77. The molecule has 1 amide bonds. The second kappa shape index (κ2) is 6.12. The Bertz CT molecular complexity index is 800. The third-order valence-corrected chi connectivity index (χ3v) is 3.86. The number of fused-ring (bicyclic) bond motifs is 1. The van der Waals surface area contributed by atoms with Gasteiger partial charge in [-0.15, -0.1) is 0 Å². The molecule has 3 rings (SSSR count). The average molecular weight is 315 g/mol. The first-order valence-electron chi connectivity index (χ1n) is 7.25. The van der Waals surface area contributed by atoms with Crippen molar-refractivity contribution in [2.45, 2.75) is 12.8 Å². The molecule has 0 saturated carbocycles. The van der Waals surface area contributed by atoms with Gasteiger partial charge in [-0.3, -0.25) is 9.59 Å². The normalized spacial score (nSPS) is 13.4. The summed E-state index contributed by atoms with van der Waals surface area (Å²) in [5.74, 6) is 0.988. The molecule has 0 bridgehead atoms. The number of aromatic amines is 1. The number of rotatable bonds is 3. The molecule has 0 saturated heterocycles. The van der Waals surface area contributed by atoms with Gasteiger partial charge in [0.05, 0.1) is 26.2 Å². The lowest BCUT2D eigenvalue weighted by Crippen LogP contribution is -2.36. The summed E-state index contributed by atoms with van der Waals surface area (Å²) in [4.78, 5) is 32.1. The van der Waals surface area contributed by atoms with Crippen LogP contribution >= 0.6 is 0 Å². The molecule has 0 spiro atoms. The predicted octanol–water partition coefficient (Wildman–Crippen LogP) is 1.38. The lowest BCUT2D eigenvalue weighted by atomic mass is 9.99. The SMILES string of the molecule is COc1cc(OC)c2c(c1)N(C(=O)c1cc(=O)[nH]cn1)CCC2. The van der Waals surface area contributed by atoms with Gasteiger partial charge >= 0.3 is 0 Å². The zero-order valence-corrected chi connectivity index (χ0v) is 13.0. The third-order valence-electron chi connectivity index (χ3n) is 3.86. The minimum absolute atomic E-state index is 0.114. The largest absolute Gasteiger partial charge is 0.497 e. The monoisotopic (exact) mass is 315 g/mol. The summed E-state index contributed by atoms with van der Waals surface area (Å²) in [6.07, 6.45) is 2.85.